The van der Waals surface area contributed by atoms with E-state index in [1.807, 2.05) is 32.0 Å². The maximum atomic E-state index is 12.6. The zero-order chi connectivity index (χ0) is 28.7. The van der Waals surface area contributed by atoms with E-state index in [9.17, 15) is 13.2 Å². The topological polar surface area (TPSA) is 74.3 Å². The molecule has 0 bridgehead atoms. The van der Waals surface area contributed by atoms with Crippen LogP contribution in [0.2, 0.25) is 0 Å². The summed E-state index contributed by atoms with van der Waals surface area (Å²) in [5, 5.41) is 7.35. The molecule has 0 aliphatic heterocycles. The van der Waals surface area contributed by atoms with Gasteiger partial charge in [0.25, 0.3) is 5.88 Å². The molecule has 1 aliphatic rings. The first-order valence-corrected chi connectivity index (χ1v) is 13.3. The van der Waals surface area contributed by atoms with Crippen molar-refractivity contribution in [1.29, 1.82) is 0 Å². The molecule has 1 unspecified atom stereocenters. The molecule has 1 saturated carbocycles. The Kier molecular flexibility index (Phi) is 7.29. The van der Waals surface area contributed by atoms with Gasteiger partial charge in [0.2, 0.25) is 5.95 Å². The molecule has 5 rings (SSSR count). The third-order valence-corrected chi connectivity index (χ3v) is 7.08. The Hall–Kier alpha value is -3.95. The highest BCUT2D eigenvalue weighted by molar-refractivity contribution is 5.86. The third-order valence-electron chi connectivity index (χ3n) is 7.08. The van der Waals surface area contributed by atoms with Crippen molar-refractivity contribution in [3.63, 3.8) is 0 Å². The minimum absolute atomic E-state index is 0.160. The zero-order valence-corrected chi connectivity index (χ0v) is 23.1. The van der Waals surface area contributed by atoms with Crippen LogP contribution in [0.4, 0.5) is 24.8 Å². The summed E-state index contributed by atoms with van der Waals surface area (Å²) in [6, 6.07) is 11.6. The molecule has 1 aliphatic carbocycles. The monoisotopic (exact) mass is 554 g/mol. The first-order chi connectivity index (χ1) is 18.9. The molecule has 7 nitrogen and oxygen atoms in total. The molecule has 2 aromatic heterocycles. The number of hydrogen-bond acceptors (Lipinski definition) is 6. The second-order valence-corrected chi connectivity index (χ2v) is 11.2. The number of benzene rings is 2. The molecule has 0 spiro atoms. The van der Waals surface area contributed by atoms with E-state index in [4.69, 9.17) is 14.2 Å². The molecule has 40 heavy (non-hydrogen) atoms. The summed E-state index contributed by atoms with van der Waals surface area (Å²) in [5.74, 6) is 1.75. The Morgan fingerprint density at radius 3 is 2.60 bits per heavy atom. The molecule has 4 aromatic rings. The Bertz CT molecular complexity index is 1520. The molecule has 212 valence electrons. The van der Waals surface area contributed by atoms with Crippen molar-refractivity contribution in [2.75, 3.05) is 11.9 Å². The lowest BCUT2D eigenvalue weighted by atomic mass is 9.70. The lowest BCUT2D eigenvalue weighted by Crippen LogP contribution is -2.27. The van der Waals surface area contributed by atoms with Gasteiger partial charge in [-0.15, -0.1) is 13.2 Å². The van der Waals surface area contributed by atoms with Crippen LogP contribution in [0.3, 0.4) is 0 Å². The molecule has 2 aromatic carbocycles. The Morgan fingerprint density at radius 1 is 1.18 bits per heavy atom. The average molecular weight is 555 g/mol. The first kappa shape index (κ1) is 27.6. The predicted molar refractivity (Wildman–Crippen MR) is 148 cm³/mol. The van der Waals surface area contributed by atoms with E-state index in [1.54, 1.807) is 0 Å². The first-order valence-electron chi connectivity index (χ1n) is 13.3. The molecule has 0 radical (unpaired) electrons. The van der Waals surface area contributed by atoms with E-state index in [-0.39, 0.29) is 11.2 Å². The average Bonchev–Trinajstić information content (AvgIpc) is 3.37. The summed E-state index contributed by atoms with van der Waals surface area (Å²) in [6.45, 7) is 13.7. The second kappa shape index (κ2) is 10.6. The summed E-state index contributed by atoms with van der Waals surface area (Å²) in [6.07, 6.45) is -1.76. The highest BCUT2D eigenvalue weighted by Crippen LogP contribution is 2.43. The minimum Gasteiger partial charge on any atom is -0.475 e. The molecule has 0 saturated heterocycles. The van der Waals surface area contributed by atoms with Crippen LogP contribution >= 0.6 is 0 Å². The van der Waals surface area contributed by atoms with Crippen molar-refractivity contribution >= 4 is 22.7 Å². The molecule has 2 heterocycles. The van der Waals surface area contributed by atoms with Crippen LogP contribution in [-0.2, 0) is 6.54 Å². The lowest BCUT2D eigenvalue weighted by molar-refractivity contribution is -0.274. The minimum atomic E-state index is -4.75. The van der Waals surface area contributed by atoms with Gasteiger partial charge >= 0.3 is 6.36 Å². The fourth-order valence-electron chi connectivity index (χ4n) is 5.82. The van der Waals surface area contributed by atoms with Crippen molar-refractivity contribution in [3.05, 3.63) is 60.4 Å². The van der Waals surface area contributed by atoms with Crippen molar-refractivity contribution in [2.24, 2.45) is 11.3 Å². The number of halogens is 3. The number of hydrogen-bond donors (Lipinski definition) is 1. The number of aromatic nitrogens is 3. The van der Waals surface area contributed by atoms with Crippen LogP contribution in [0.15, 0.2) is 59.1 Å². The van der Waals surface area contributed by atoms with E-state index < -0.39 is 6.36 Å². The summed E-state index contributed by atoms with van der Waals surface area (Å²) in [4.78, 5) is 4.91. The summed E-state index contributed by atoms with van der Waals surface area (Å²) in [7, 11) is 0. The van der Waals surface area contributed by atoms with Gasteiger partial charge in [0.1, 0.15) is 11.5 Å². The van der Waals surface area contributed by atoms with Crippen LogP contribution in [-0.4, -0.2) is 27.7 Å². The molecule has 1 fully saturated rings. The van der Waals surface area contributed by atoms with Crippen LogP contribution in [0.1, 0.15) is 45.8 Å². The number of alkyl halides is 3. The molecule has 10 heteroatoms. The maximum Gasteiger partial charge on any atom is 0.573 e. The van der Waals surface area contributed by atoms with Gasteiger partial charge in [-0.2, -0.15) is 0 Å². The number of aryl methyl sites for hydroxylation is 1. The number of ether oxygens (including phenoxy) is 2. The number of anilines is 2. The van der Waals surface area contributed by atoms with Crippen LogP contribution < -0.4 is 14.8 Å². The normalized spacial score (nSPS) is 17.3. The lowest BCUT2D eigenvalue weighted by Gasteiger charge is -2.37. The number of rotatable bonds is 8. The van der Waals surface area contributed by atoms with Gasteiger partial charge in [-0.3, -0.25) is 0 Å². The standard InChI is InChI=1S/C30H33F3N4O3/c1-6-38-27-26(19(3)40-36-27)21-7-12-25-24(14-21)35-28(34-22-8-10-23(11-9-22)39-30(31,32)33)37(25)17-20-13-18(2)15-29(4,5)16-20/h7-12,14,20H,2,6,13,15-17H2,1,3-5H3,(H,34,35). The molecule has 0 amide bonds. The van der Waals surface area contributed by atoms with E-state index >= 15 is 0 Å². The molecular weight excluding hydrogens is 521 g/mol. The number of fused-ring (bicyclic) bond motifs is 1. The summed E-state index contributed by atoms with van der Waals surface area (Å²) in [5.41, 5.74) is 5.33. The predicted octanol–water partition coefficient (Wildman–Crippen LogP) is 8.42. The largest absolute Gasteiger partial charge is 0.573 e. The van der Waals surface area contributed by atoms with E-state index in [1.165, 1.54) is 29.8 Å². The van der Waals surface area contributed by atoms with E-state index in [0.29, 0.717) is 42.3 Å². The van der Waals surface area contributed by atoms with Crippen LogP contribution in [0.25, 0.3) is 22.2 Å². The number of imidazole rings is 1. The molecule has 1 atom stereocenters. The third kappa shape index (κ3) is 6.11. The highest BCUT2D eigenvalue weighted by atomic mass is 19.4. The number of nitrogens with zero attached hydrogens (tertiary/aromatic N) is 3. The highest BCUT2D eigenvalue weighted by Gasteiger charge is 2.32. The Morgan fingerprint density at radius 2 is 1.93 bits per heavy atom. The quantitative estimate of drug-likeness (QED) is 0.220. The summed E-state index contributed by atoms with van der Waals surface area (Å²) >= 11 is 0. The van der Waals surface area contributed by atoms with E-state index in [0.717, 1.165) is 41.4 Å². The maximum absolute atomic E-state index is 12.6. The smallest absolute Gasteiger partial charge is 0.475 e. The van der Waals surface area contributed by atoms with Crippen LogP contribution in [0, 0.1) is 18.3 Å². The van der Waals surface area contributed by atoms with Gasteiger partial charge in [-0.25, -0.2) is 4.98 Å². The number of allylic oxidation sites excluding steroid dienone is 1. The fraction of sp³-hybridized carbons (Fsp3) is 0.400. The van der Waals surface area contributed by atoms with Crippen LogP contribution in [0.5, 0.6) is 11.6 Å². The van der Waals surface area contributed by atoms with Gasteiger partial charge in [0.05, 0.1) is 23.2 Å². The zero-order valence-electron chi connectivity index (χ0n) is 23.1. The molecule has 1 N–H and O–H groups in total. The second-order valence-electron chi connectivity index (χ2n) is 11.2. The van der Waals surface area contributed by atoms with Gasteiger partial charge < -0.3 is 23.9 Å². The fourth-order valence-corrected chi connectivity index (χ4v) is 5.82. The van der Waals surface area contributed by atoms with Crippen molar-refractivity contribution in [1.82, 2.24) is 14.7 Å². The van der Waals surface area contributed by atoms with Crippen molar-refractivity contribution < 1.29 is 27.2 Å². The summed E-state index contributed by atoms with van der Waals surface area (Å²) < 4.78 is 55.1. The van der Waals surface area contributed by atoms with Gasteiger partial charge in [-0.1, -0.05) is 32.1 Å². The van der Waals surface area contributed by atoms with Gasteiger partial charge in [-0.05, 0) is 91.6 Å². The molecular formula is C30H33F3N4O3. The van der Waals surface area contributed by atoms with Gasteiger partial charge in [0, 0.05) is 12.2 Å². The Balaban J connectivity index is 1.52. The van der Waals surface area contributed by atoms with E-state index in [2.05, 4.69) is 40.2 Å². The number of nitrogens with one attached hydrogen (secondary N) is 1. The van der Waals surface area contributed by atoms with Gasteiger partial charge in [0.15, 0.2) is 0 Å². The van der Waals surface area contributed by atoms with Crippen molar-refractivity contribution in [2.45, 2.75) is 59.9 Å². The Labute approximate surface area is 231 Å². The SMILES string of the molecule is C=C1CC(Cn2c(Nc3ccc(OC(F)(F)F)cc3)nc3cc(-c4c(OCC)noc4C)ccc32)CC(C)(C)C1. The van der Waals surface area contributed by atoms with Crippen molar-refractivity contribution in [3.8, 4) is 22.8 Å².